The van der Waals surface area contributed by atoms with Crippen molar-refractivity contribution in [3.05, 3.63) is 94.3 Å². The number of hydrogen-bond donors (Lipinski definition) is 0. The van der Waals surface area contributed by atoms with Crippen LogP contribution in [0.1, 0.15) is 11.1 Å². The van der Waals surface area contributed by atoms with Gasteiger partial charge in [-0.2, -0.15) is 0 Å². The third kappa shape index (κ3) is 4.32. The highest BCUT2D eigenvalue weighted by atomic mass is 16.5. The number of fused-ring (bicyclic) bond motifs is 2. The molecular weight excluding hydrogens is 418 g/mol. The van der Waals surface area contributed by atoms with Crippen molar-refractivity contribution >= 4 is 16.9 Å². The molecule has 1 aliphatic heterocycles. The molecule has 0 unspecified atom stereocenters. The number of benzene rings is 3. The van der Waals surface area contributed by atoms with Crippen molar-refractivity contribution in [3.63, 3.8) is 0 Å². The average Bonchev–Trinajstić information content (AvgIpc) is 2.86. The van der Waals surface area contributed by atoms with Crippen molar-refractivity contribution in [1.29, 1.82) is 0 Å². The van der Waals surface area contributed by atoms with Gasteiger partial charge in [0.1, 0.15) is 17.1 Å². The van der Waals surface area contributed by atoms with Gasteiger partial charge >= 0.3 is 5.63 Å². The summed E-state index contributed by atoms with van der Waals surface area (Å²) in [4.78, 5) is 26.7. The number of rotatable bonds is 5. The maximum absolute atomic E-state index is 12.7. The molecule has 6 heteroatoms. The van der Waals surface area contributed by atoms with Crippen molar-refractivity contribution in [2.24, 2.45) is 0 Å². The van der Waals surface area contributed by atoms with Gasteiger partial charge in [0, 0.05) is 30.6 Å². The molecule has 4 aromatic rings. The number of nitrogens with zero attached hydrogens (tertiary/aromatic N) is 1. The first-order chi connectivity index (χ1) is 16.1. The Hall–Kier alpha value is -4.06. The van der Waals surface area contributed by atoms with Gasteiger partial charge in [-0.3, -0.25) is 4.79 Å². The summed E-state index contributed by atoms with van der Waals surface area (Å²) in [6.45, 7) is 1.20. The molecule has 6 nitrogen and oxygen atoms in total. The van der Waals surface area contributed by atoms with Gasteiger partial charge in [-0.05, 0) is 52.9 Å². The molecule has 5 rings (SSSR count). The summed E-state index contributed by atoms with van der Waals surface area (Å²) < 4.78 is 16.4. The van der Waals surface area contributed by atoms with Crippen LogP contribution in [0.4, 0.5) is 0 Å². The zero-order valence-electron chi connectivity index (χ0n) is 18.2. The molecule has 3 aromatic carbocycles. The lowest BCUT2D eigenvalue weighted by molar-refractivity contribution is -0.134. The number of ether oxygens (including phenoxy) is 2. The molecule has 1 aromatic heterocycles. The van der Waals surface area contributed by atoms with Crippen LogP contribution in [0.3, 0.4) is 0 Å². The Bertz CT molecular complexity index is 1370. The summed E-state index contributed by atoms with van der Waals surface area (Å²) in [7, 11) is 1.61. The van der Waals surface area contributed by atoms with E-state index in [0.29, 0.717) is 24.4 Å². The molecule has 0 bridgehead atoms. The average molecular weight is 441 g/mol. The van der Waals surface area contributed by atoms with Gasteiger partial charge in [-0.1, -0.05) is 36.4 Å². The summed E-state index contributed by atoms with van der Waals surface area (Å²) in [6.07, 6.45) is 0.844. The molecule has 0 atom stereocenters. The van der Waals surface area contributed by atoms with Gasteiger partial charge in [0.15, 0.2) is 6.61 Å². The van der Waals surface area contributed by atoms with E-state index in [0.717, 1.165) is 28.7 Å². The van der Waals surface area contributed by atoms with Gasteiger partial charge in [-0.25, -0.2) is 4.79 Å². The molecule has 2 heterocycles. The highest BCUT2D eigenvalue weighted by Gasteiger charge is 2.20. The van der Waals surface area contributed by atoms with Gasteiger partial charge < -0.3 is 18.8 Å². The molecule has 0 saturated carbocycles. The third-order valence-corrected chi connectivity index (χ3v) is 5.96. The van der Waals surface area contributed by atoms with Gasteiger partial charge in [0.25, 0.3) is 5.91 Å². The molecular formula is C27H23NO5. The van der Waals surface area contributed by atoms with Crippen molar-refractivity contribution in [2.75, 3.05) is 20.3 Å². The fourth-order valence-electron chi connectivity index (χ4n) is 4.19. The van der Waals surface area contributed by atoms with Crippen molar-refractivity contribution < 1.29 is 18.7 Å². The molecule has 0 radical (unpaired) electrons. The molecule has 0 N–H and O–H groups in total. The summed E-state index contributed by atoms with van der Waals surface area (Å²) >= 11 is 0. The van der Waals surface area contributed by atoms with Crippen LogP contribution in [0.2, 0.25) is 0 Å². The molecule has 33 heavy (non-hydrogen) atoms. The lowest BCUT2D eigenvalue weighted by atomic mass is 10.00. The second-order valence-corrected chi connectivity index (χ2v) is 7.99. The Labute approximate surface area is 191 Å². The Balaban J connectivity index is 1.33. The summed E-state index contributed by atoms with van der Waals surface area (Å²) in [5, 5.41) is 0.783. The fourth-order valence-corrected chi connectivity index (χ4v) is 4.19. The topological polar surface area (TPSA) is 69.0 Å². The molecule has 1 aliphatic rings. The van der Waals surface area contributed by atoms with Crippen molar-refractivity contribution in [2.45, 2.75) is 13.0 Å². The van der Waals surface area contributed by atoms with Gasteiger partial charge in [0.2, 0.25) is 0 Å². The number of methoxy groups -OCH3 is 1. The zero-order valence-corrected chi connectivity index (χ0v) is 18.2. The second-order valence-electron chi connectivity index (χ2n) is 7.99. The van der Waals surface area contributed by atoms with Crippen molar-refractivity contribution in [3.8, 4) is 22.6 Å². The highest BCUT2D eigenvalue weighted by Crippen LogP contribution is 2.30. The maximum Gasteiger partial charge on any atom is 0.336 e. The minimum absolute atomic E-state index is 0.0713. The van der Waals surface area contributed by atoms with Crippen LogP contribution in [-0.4, -0.2) is 31.1 Å². The molecule has 0 spiro atoms. The summed E-state index contributed by atoms with van der Waals surface area (Å²) in [5.41, 5.74) is 4.07. The first-order valence-corrected chi connectivity index (χ1v) is 10.8. The Morgan fingerprint density at radius 3 is 2.52 bits per heavy atom. The van der Waals surface area contributed by atoms with E-state index < -0.39 is 5.63 Å². The number of carbonyl (C=O) groups excluding carboxylic acids is 1. The third-order valence-electron chi connectivity index (χ3n) is 5.96. The molecule has 1 amide bonds. The van der Waals surface area contributed by atoms with Crippen molar-refractivity contribution in [1.82, 2.24) is 4.90 Å². The smallest absolute Gasteiger partial charge is 0.336 e. The Morgan fingerprint density at radius 2 is 1.73 bits per heavy atom. The second kappa shape index (κ2) is 8.82. The van der Waals surface area contributed by atoms with E-state index in [1.54, 1.807) is 19.2 Å². The van der Waals surface area contributed by atoms with E-state index in [1.165, 1.54) is 17.2 Å². The molecule has 0 saturated heterocycles. The van der Waals surface area contributed by atoms with Gasteiger partial charge in [-0.15, -0.1) is 0 Å². The normalized spacial score (nSPS) is 12.9. The molecule has 0 aliphatic carbocycles. The Kier molecular flexibility index (Phi) is 5.57. The number of hydrogen-bond acceptors (Lipinski definition) is 5. The predicted molar refractivity (Wildman–Crippen MR) is 126 cm³/mol. The van der Waals surface area contributed by atoms with E-state index in [9.17, 15) is 9.59 Å². The molecule has 166 valence electrons. The minimum Gasteiger partial charge on any atom is -0.497 e. The standard InChI is InChI=1S/C27H23NO5/c1-31-21-8-6-19(7-9-21)24-15-27(30)33-25-14-22(10-11-23(24)25)32-17-26(29)28-13-12-18-4-2-3-5-20(18)16-28/h2-11,14-15H,12-13,16-17H2,1H3. The van der Waals surface area contributed by atoms with Gasteiger partial charge in [0.05, 0.1) is 7.11 Å². The predicted octanol–water partition coefficient (Wildman–Crippen LogP) is 4.43. The largest absolute Gasteiger partial charge is 0.497 e. The Morgan fingerprint density at radius 1 is 0.970 bits per heavy atom. The fraction of sp³-hybridized carbons (Fsp3) is 0.185. The monoisotopic (exact) mass is 441 g/mol. The first-order valence-electron chi connectivity index (χ1n) is 10.8. The van der Waals surface area contributed by atoms with Crippen LogP contribution in [0, 0.1) is 0 Å². The maximum atomic E-state index is 12.7. The van der Waals surface area contributed by atoms with E-state index in [2.05, 4.69) is 12.1 Å². The van der Waals surface area contributed by atoms with Crippen LogP contribution in [0.5, 0.6) is 11.5 Å². The lowest BCUT2D eigenvalue weighted by Crippen LogP contribution is -2.38. The van der Waals surface area contributed by atoms with Crippen LogP contribution in [0.15, 0.2) is 82.0 Å². The highest BCUT2D eigenvalue weighted by molar-refractivity contribution is 5.93. The van der Waals surface area contributed by atoms with Crippen LogP contribution in [0.25, 0.3) is 22.1 Å². The molecule has 0 fully saturated rings. The zero-order chi connectivity index (χ0) is 22.8. The lowest BCUT2D eigenvalue weighted by Gasteiger charge is -2.28. The first kappa shape index (κ1) is 20.8. The van der Waals surface area contributed by atoms with Crippen LogP contribution in [-0.2, 0) is 17.8 Å². The van der Waals surface area contributed by atoms with Crippen LogP contribution >= 0.6 is 0 Å². The number of amides is 1. The summed E-state index contributed by atoms with van der Waals surface area (Å²) in [5.74, 6) is 1.14. The van der Waals surface area contributed by atoms with E-state index in [-0.39, 0.29) is 12.5 Å². The SMILES string of the molecule is COc1ccc(-c2cc(=O)oc3cc(OCC(=O)N4CCc5ccccc5C4)ccc23)cc1. The minimum atomic E-state index is -0.450. The van der Waals surface area contributed by atoms with E-state index >= 15 is 0 Å². The number of carbonyl (C=O) groups is 1. The van der Waals surface area contributed by atoms with E-state index in [4.69, 9.17) is 13.9 Å². The van der Waals surface area contributed by atoms with Crippen LogP contribution < -0.4 is 15.1 Å². The summed E-state index contributed by atoms with van der Waals surface area (Å²) in [6, 6.07) is 22.4. The quantitative estimate of drug-likeness (QED) is 0.429. The van der Waals surface area contributed by atoms with E-state index in [1.807, 2.05) is 47.4 Å².